The number of ether oxygens (including phenoxy) is 3. The highest BCUT2D eigenvalue weighted by atomic mass is 16.5. The first-order valence-corrected chi connectivity index (χ1v) is 11.7. The van der Waals surface area contributed by atoms with Crippen LogP contribution in [0.25, 0.3) is 6.08 Å². The summed E-state index contributed by atoms with van der Waals surface area (Å²) >= 11 is 0. The molecule has 0 aromatic heterocycles. The zero-order chi connectivity index (χ0) is 24.9. The number of fused-ring (bicyclic) bond motifs is 1. The minimum Gasteiger partial charge on any atom is -0.489 e. The fraction of sp³-hybridized carbons (Fsp3) is 0.241. The molecule has 0 saturated heterocycles. The fourth-order valence-corrected chi connectivity index (χ4v) is 4.10. The van der Waals surface area contributed by atoms with E-state index in [2.05, 4.69) is 30.9 Å². The smallest absolute Gasteiger partial charge is 0.337 e. The number of anilines is 1. The summed E-state index contributed by atoms with van der Waals surface area (Å²) in [4.78, 5) is 26.9. The van der Waals surface area contributed by atoms with E-state index in [-0.39, 0.29) is 11.8 Å². The van der Waals surface area contributed by atoms with Crippen molar-refractivity contribution in [2.24, 2.45) is 0 Å². The molecule has 3 aromatic rings. The molecule has 0 N–H and O–H groups in total. The third-order valence-corrected chi connectivity index (χ3v) is 6.04. The molecule has 0 saturated carbocycles. The van der Waals surface area contributed by atoms with Gasteiger partial charge in [-0.15, -0.1) is 0 Å². The van der Waals surface area contributed by atoms with Crippen LogP contribution in [0.5, 0.6) is 11.5 Å². The lowest BCUT2D eigenvalue weighted by Crippen LogP contribution is -2.21. The number of methoxy groups -OCH3 is 1. The number of nitrogens with zero attached hydrogens (tertiary/aromatic N) is 1. The number of hydrogen-bond donors (Lipinski definition) is 0. The van der Waals surface area contributed by atoms with Crippen molar-refractivity contribution in [3.05, 3.63) is 94.2 Å². The van der Waals surface area contributed by atoms with Gasteiger partial charge in [-0.05, 0) is 73.9 Å². The Balaban J connectivity index is 1.47. The highest BCUT2D eigenvalue weighted by molar-refractivity contribution is 6.15. The summed E-state index contributed by atoms with van der Waals surface area (Å²) in [6.07, 6.45) is 1.77. The summed E-state index contributed by atoms with van der Waals surface area (Å²) in [6.45, 7) is 8.33. The summed E-state index contributed by atoms with van der Waals surface area (Å²) in [7, 11) is 1.35. The van der Waals surface area contributed by atoms with Gasteiger partial charge in [0, 0.05) is 24.8 Å². The molecule has 0 spiro atoms. The highest BCUT2D eigenvalue weighted by Gasteiger charge is 2.30. The number of aryl methyl sites for hydroxylation is 1. The van der Waals surface area contributed by atoms with Crippen LogP contribution in [0.15, 0.2) is 66.4 Å². The molecule has 0 unspecified atom stereocenters. The number of esters is 1. The van der Waals surface area contributed by atoms with Gasteiger partial charge >= 0.3 is 5.97 Å². The lowest BCUT2D eigenvalue weighted by atomic mass is 10.0. The van der Waals surface area contributed by atoms with Gasteiger partial charge in [0.25, 0.3) is 0 Å². The van der Waals surface area contributed by atoms with E-state index in [9.17, 15) is 9.59 Å². The van der Waals surface area contributed by atoms with Crippen molar-refractivity contribution in [1.29, 1.82) is 0 Å². The molecule has 0 aliphatic carbocycles. The Hall–Kier alpha value is -4.06. The van der Waals surface area contributed by atoms with Gasteiger partial charge in [0.05, 0.1) is 18.2 Å². The van der Waals surface area contributed by atoms with E-state index in [1.807, 2.05) is 37.3 Å². The molecule has 0 radical (unpaired) electrons. The van der Waals surface area contributed by atoms with E-state index in [4.69, 9.17) is 14.2 Å². The minimum atomic E-state index is -0.378. The molecule has 0 fully saturated rings. The van der Waals surface area contributed by atoms with Gasteiger partial charge < -0.3 is 19.1 Å². The average Bonchev–Trinajstić information content (AvgIpc) is 3.19. The normalized spacial score (nSPS) is 13.4. The maximum absolute atomic E-state index is 13.0. The third kappa shape index (κ3) is 5.22. The molecule has 1 aliphatic rings. The first kappa shape index (κ1) is 24.1. The van der Waals surface area contributed by atoms with Crippen molar-refractivity contribution in [2.45, 2.75) is 27.4 Å². The summed E-state index contributed by atoms with van der Waals surface area (Å²) in [5, 5.41) is 0. The Bertz CT molecular complexity index is 1260. The number of carbonyl (C=O) groups excluding carboxylic acids is 2. The van der Waals surface area contributed by atoms with Crippen molar-refractivity contribution >= 4 is 23.5 Å². The zero-order valence-corrected chi connectivity index (χ0v) is 20.5. The number of carbonyl (C=O) groups is 2. The number of benzene rings is 3. The third-order valence-electron chi connectivity index (χ3n) is 6.04. The molecule has 1 heterocycles. The van der Waals surface area contributed by atoms with Crippen molar-refractivity contribution < 1.29 is 23.8 Å². The molecule has 3 aromatic carbocycles. The first-order chi connectivity index (χ1) is 16.9. The van der Waals surface area contributed by atoms with Crippen molar-refractivity contribution in [3.8, 4) is 11.5 Å². The maximum Gasteiger partial charge on any atom is 0.337 e. The molecule has 0 atom stereocenters. The lowest BCUT2D eigenvalue weighted by molar-refractivity contribution is 0.0600. The van der Waals surface area contributed by atoms with Gasteiger partial charge in [-0.1, -0.05) is 24.3 Å². The topological polar surface area (TPSA) is 65.1 Å². The summed E-state index contributed by atoms with van der Waals surface area (Å²) in [6, 6.07) is 18.7. The molecule has 6 heteroatoms. The second kappa shape index (κ2) is 10.5. The predicted octanol–water partition coefficient (Wildman–Crippen LogP) is 5.82. The van der Waals surface area contributed by atoms with Gasteiger partial charge in [0.2, 0.25) is 5.78 Å². The van der Waals surface area contributed by atoms with Gasteiger partial charge in [-0.25, -0.2) is 4.79 Å². The summed E-state index contributed by atoms with van der Waals surface area (Å²) in [5.74, 6) is 0.898. The van der Waals surface area contributed by atoms with E-state index in [0.29, 0.717) is 35.0 Å². The average molecular weight is 472 g/mol. The molecule has 180 valence electrons. The van der Waals surface area contributed by atoms with Crippen LogP contribution in [-0.2, 0) is 11.3 Å². The predicted molar refractivity (Wildman–Crippen MR) is 136 cm³/mol. The van der Waals surface area contributed by atoms with Crippen LogP contribution < -0.4 is 14.4 Å². The molecule has 0 amide bonds. The molecule has 35 heavy (non-hydrogen) atoms. The Labute approximate surface area is 205 Å². The molecule has 4 rings (SSSR count). The van der Waals surface area contributed by atoms with Crippen LogP contribution in [0.4, 0.5) is 5.69 Å². The van der Waals surface area contributed by atoms with Crippen LogP contribution in [0, 0.1) is 6.92 Å². The molecular formula is C29H29NO5. The Morgan fingerprint density at radius 1 is 1.00 bits per heavy atom. The van der Waals surface area contributed by atoms with Crippen LogP contribution in [0.2, 0.25) is 0 Å². The SMILES string of the molecule is CCN(CC)c1ccc(/C=C2\Oc3cc(OCc4ccc(C(=O)OC)cc4)cc(C)c3C2=O)cc1. The fourth-order valence-electron chi connectivity index (χ4n) is 4.10. The molecular weight excluding hydrogens is 442 g/mol. The quantitative estimate of drug-likeness (QED) is 0.305. The van der Waals surface area contributed by atoms with E-state index < -0.39 is 0 Å². The number of hydrogen-bond acceptors (Lipinski definition) is 6. The van der Waals surface area contributed by atoms with E-state index >= 15 is 0 Å². The Kier molecular flexibility index (Phi) is 7.20. The van der Waals surface area contributed by atoms with Crippen molar-refractivity contribution in [3.63, 3.8) is 0 Å². The lowest BCUT2D eigenvalue weighted by Gasteiger charge is -2.20. The second-order valence-corrected chi connectivity index (χ2v) is 8.29. The zero-order valence-electron chi connectivity index (χ0n) is 20.5. The Morgan fingerprint density at radius 3 is 2.31 bits per heavy atom. The maximum atomic E-state index is 13.0. The van der Waals surface area contributed by atoms with Crippen LogP contribution in [-0.4, -0.2) is 32.0 Å². The van der Waals surface area contributed by atoms with Crippen LogP contribution in [0.3, 0.4) is 0 Å². The van der Waals surface area contributed by atoms with Crippen LogP contribution in [0.1, 0.15) is 51.3 Å². The Morgan fingerprint density at radius 2 is 1.69 bits per heavy atom. The molecule has 1 aliphatic heterocycles. The molecule has 0 bridgehead atoms. The van der Waals surface area contributed by atoms with Crippen molar-refractivity contribution in [2.75, 3.05) is 25.1 Å². The number of rotatable bonds is 8. The highest BCUT2D eigenvalue weighted by Crippen LogP contribution is 2.37. The van der Waals surface area contributed by atoms with Gasteiger partial charge in [-0.2, -0.15) is 0 Å². The first-order valence-electron chi connectivity index (χ1n) is 11.7. The van der Waals surface area contributed by atoms with E-state index in [1.54, 1.807) is 24.3 Å². The number of allylic oxidation sites excluding steroid dienone is 1. The van der Waals surface area contributed by atoms with Gasteiger partial charge in [0.15, 0.2) is 5.76 Å². The monoisotopic (exact) mass is 471 g/mol. The second-order valence-electron chi connectivity index (χ2n) is 8.29. The van der Waals surface area contributed by atoms with Gasteiger partial charge in [-0.3, -0.25) is 4.79 Å². The number of Topliss-reactive ketones (excluding diaryl/α,β-unsaturated/α-hetero) is 1. The van der Waals surface area contributed by atoms with Gasteiger partial charge in [0.1, 0.15) is 18.1 Å². The summed E-state index contributed by atoms with van der Waals surface area (Å²) in [5.41, 5.74) is 4.80. The largest absolute Gasteiger partial charge is 0.489 e. The number of ketones is 1. The van der Waals surface area contributed by atoms with Crippen LogP contribution >= 0.6 is 0 Å². The van der Waals surface area contributed by atoms with E-state index in [1.165, 1.54) is 7.11 Å². The standard InChI is InChI=1S/C29H29NO5/c1-5-30(6-2)23-13-9-20(10-14-23)16-26-28(31)27-19(3)15-24(17-25(27)35-26)34-18-21-7-11-22(12-8-21)29(32)33-4/h7-17H,5-6,18H2,1-4H3/b26-16-. The van der Waals surface area contributed by atoms with E-state index in [0.717, 1.165) is 35.5 Å². The summed E-state index contributed by atoms with van der Waals surface area (Å²) < 4.78 is 16.6. The minimum absolute atomic E-state index is 0.129. The molecule has 6 nitrogen and oxygen atoms in total. The van der Waals surface area contributed by atoms with Crippen molar-refractivity contribution in [1.82, 2.24) is 0 Å².